The fourth-order valence-electron chi connectivity index (χ4n) is 0.998. The number of hydrogen-bond acceptors (Lipinski definition) is 4. The molecule has 1 N–H and O–H groups in total. The van der Waals surface area contributed by atoms with E-state index in [4.69, 9.17) is 5.11 Å². The number of hydrogen-bond donors (Lipinski definition) is 1. The number of carbonyl (C=O) groups excluding carboxylic acids is 2. The van der Waals surface area contributed by atoms with Gasteiger partial charge in [0.2, 0.25) is 0 Å². The molecule has 1 saturated heterocycles. The molecular weight excluding hydrogens is 178 g/mol. The molecule has 0 radical (unpaired) electrons. The topological polar surface area (TPSA) is 83.9 Å². The van der Waals surface area contributed by atoms with Crippen LogP contribution >= 0.6 is 0 Å². The average molecular weight is 187 g/mol. The maximum Gasteiger partial charge on any atom is 0.343 e. The molecule has 1 heterocycles. The monoisotopic (exact) mass is 187 g/mol. The summed E-state index contributed by atoms with van der Waals surface area (Å²) in [7, 11) is 0. The zero-order valence-electron chi connectivity index (χ0n) is 6.86. The van der Waals surface area contributed by atoms with Crippen molar-refractivity contribution in [2.45, 2.75) is 19.3 Å². The van der Waals surface area contributed by atoms with E-state index in [1.807, 2.05) is 0 Å². The van der Waals surface area contributed by atoms with Gasteiger partial charge in [0, 0.05) is 6.42 Å². The molecule has 1 amide bonds. The fourth-order valence-corrected chi connectivity index (χ4v) is 0.998. The highest BCUT2D eigenvalue weighted by atomic mass is 16.7. The van der Waals surface area contributed by atoms with Gasteiger partial charge >= 0.3 is 11.9 Å². The predicted molar refractivity (Wildman–Crippen MR) is 39.3 cm³/mol. The first kappa shape index (κ1) is 9.50. The molecule has 6 heteroatoms. The molecule has 1 rings (SSSR count). The zero-order chi connectivity index (χ0) is 9.84. The van der Waals surface area contributed by atoms with Crippen molar-refractivity contribution in [3.63, 3.8) is 0 Å². The summed E-state index contributed by atoms with van der Waals surface area (Å²) in [6, 6.07) is 0. The van der Waals surface area contributed by atoms with E-state index in [0.717, 1.165) is 5.06 Å². The van der Waals surface area contributed by atoms with Crippen molar-refractivity contribution in [2.24, 2.45) is 0 Å². The Morgan fingerprint density at radius 1 is 1.54 bits per heavy atom. The molecule has 0 aromatic heterocycles. The van der Waals surface area contributed by atoms with Gasteiger partial charge in [-0.3, -0.25) is 9.59 Å². The third-order valence-electron chi connectivity index (χ3n) is 1.54. The minimum absolute atomic E-state index is 0.279. The van der Waals surface area contributed by atoms with E-state index in [-0.39, 0.29) is 5.91 Å². The molecule has 0 saturated carbocycles. The van der Waals surface area contributed by atoms with Gasteiger partial charge in [0.1, 0.15) is 6.42 Å². The van der Waals surface area contributed by atoms with Gasteiger partial charge in [-0.1, -0.05) is 0 Å². The Kier molecular flexibility index (Phi) is 2.84. The summed E-state index contributed by atoms with van der Waals surface area (Å²) in [5, 5.41) is 9.13. The van der Waals surface area contributed by atoms with Crippen LogP contribution in [0.3, 0.4) is 0 Å². The molecule has 6 nitrogen and oxygen atoms in total. The number of aliphatic carboxylic acids is 1. The van der Waals surface area contributed by atoms with Gasteiger partial charge in [0.25, 0.3) is 5.91 Å². The number of nitrogens with zero attached hydrogens (tertiary/aromatic N) is 1. The summed E-state index contributed by atoms with van der Waals surface area (Å²) in [6.45, 7) is 0.351. The third-order valence-corrected chi connectivity index (χ3v) is 1.54. The maximum absolute atomic E-state index is 10.9. The van der Waals surface area contributed by atoms with Crippen LogP contribution in [0.15, 0.2) is 0 Å². The predicted octanol–water partition coefficient (Wildman–Crippen LogP) is -0.458. The van der Waals surface area contributed by atoms with Crippen molar-refractivity contribution in [3.8, 4) is 0 Å². The zero-order valence-corrected chi connectivity index (χ0v) is 6.86. The number of amides is 1. The van der Waals surface area contributed by atoms with Gasteiger partial charge in [-0.05, 0) is 6.42 Å². The molecule has 1 aliphatic heterocycles. The largest absolute Gasteiger partial charge is 0.481 e. The van der Waals surface area contributed by atoms with Gasteiger partial charge in [0.15, 0.2) is 0 Å². The molecule has 0 aliphatic carbocycles. The van der Waals surface area contributed by atoms with E-state index >= 15 is 0 Å². The number of rotatable bonds is 3. The van der Waals surface area contributed by atoms with Crippen LogP contribution in [0, 0.1) is 0 Å². The van der Waals surface area contributed by atoms with Gasteiger partial charge in [-0.2, -0.15) is 5.06 Å². The lowest BCUT2D eigenvalue weighted by molar-refractivity contribution is -0.193. The number of hydroxylamine groups is 2. The summed E-state index contributed by atoms with van der Waals surface area (Å²) >= 11 is 0. The van der Waals surface area contributed by atoms with E-state index < -0.39 is 18.4 Å². The first-order valence-electron chi connectivity index (χ1n) is 3.82. The highest BCUT2D eigenvalue weighted by molar-refractivity contribution is 5.90. The number of carbonyl (C=O) groups is 3. The molecule has 1 fully saturated rings. The minimum Gasteiger partial charge on any atom is -0.481 e. The molecule has 0 aromatic carbocycles. The van der Waals surface area contributed by atoms with Crippen LogP contribution < -0.4 is 0 Å². The van der Waals surface area contributed by atoms with Crippen LogP contribution in [0.1, 0.15) is 19.3 Å². The summed E-state index contributed by atoms with van der Waals surface area (Å²) < 4.78 is 0. The Balaban J connectivity index is 2.35. The lowest BCUT2D eigenvalue weighted by Crippen LogP contribution is -2.29. The van der Waals surface area contributed by atoms with Crippen molar-refractivity contribution < 1.29 is 24.3 Å². The van der Waals surface area contributed by atoms with Crippen LogP contribution in [-0.4, -0.2) is 34.6 Å². The van der Waals surface area contributed by atoms with E-state index in [0.29, 0.717) is 19.4 Å². The second-order valence-electron chi connectivity index (χ2n) is 2.63. The lowest BCUT2D eigenvalue weighted by Gasteiger charge is -2.13. The van der Waals surface area contributed by atoms with Crippen LogP contribution in [0.4, 0.5) is 0 Å². The molecule has 72 valence electrons. The highest BCUT2D eigenvalue weighted by Crippen LogP contribution is 2.10. The van der Waals surface area contributed by atoms with Crippen LogP contribution in [0.2, 0.25) is 0 Å². The third kappa shape index (κ3) is 2.73. The Hall–Kier alpha value is -1.59. The summed E-state index contributed by atoms with van der Waals surface area (Å²) in [5.74, 6) is -2.46. The van der Waals surface area contributed by atoms with Crippen molar-refractivity contribution in [3.05, 3.63) is 0 Å². The average Bonchev–Trinajstić information content (AvgIpc) is 2.34. The van der Waals surface area contributed by atoms with Crippen molar-refractivity contribution in [1.29, 1.82) is 0 Å². The fraction of sp³-hybridized carbons (Fsp3) is 0.571. The van der Waals surface area contributed by atoms with Crippen LogP contribution in [0.25, 0.3) is 0 Å². The molecule has 0 spiro atoms. The molecule has 0 atom stereocenters. The van der Waals surface area contributed by atoms with Gasteiger partial charge < -0.3 is 9.94 Å². The summed E-state index contributed by atoms with van der Waals surface area (Å²) in [5.41, 5.74) is 0. The molecule has 13 heavy (non-hydrogen) atoms. The molecule has 0 unspecified atom stereocenters. The quantitative estimate of drug-likeness (QED) is 0.604. The van der Waals surface area contributed by atoms with Gasteiger partial charge in [-0.15, -0.1) is 0 Å². The maximum atomic E-state index is 10.9. The molecular formula is C7H9NO5. The van der Waals surface area contributed by atoms with Gasteiger partial charge in [-0.25, -0.2) is 4.79 Å². The minimum atomic E-state index is -1.27. The first-order valence-corrected chi connectivity index (χ1v) is 3.82. The number of carboxylic acids is 1. The first-order chi connectivity index (χ1) is 6.09. The van der Waals surface area contributed by atoms with E-state index in [9.17, 15) is 14.4 Å². The van der Waals surface area contributed by atoms with E-state index in [1.54, 1.807) is 0 Å². The number of carboxylic acid groups (broad SMARTS) is 1. The second-order valence-corrected chi connectivity index (χ2v) is 2.63. The van der Waals surface area contributed by atoms with Crippen molar-refractivity contribution >= 4 is 17.8 Å². The standard InChI is InChI=1S/C7H9NO5/c9-5-2-1-3-8(5)13-7(12)4-6(10)11/h1-4H2,(H,10,11). The molecule has 0 bridgehead atoms. The van der Waals surface area contributed by atoms with Gasteiger partial charge in [0.05, 0.1) is 6.54 Å². The summed E-state index contributed by atoms with van der Waals surface area (Å²) in [4.78, 5) is 36.2. The van der Waals surface area contributed by atoms with E-state index in [1.165, 1.54) is 0 Å². The van der Waals surface area contributed by atoms with Crippen molar-refractivity contribution in [2.75, 3.05) is 6.54 Å². The summed E-state index contributed by atoms with van der Waals surface area (Å²) in [6.07, 6.45) is 0.267. The Morgan fingerprint density at radius 2 is 2.23 bits per heavy atom. The molecule has 0 aromatic rings. The van der Waals surface area contributed by atoms with E-state index in [2.05, 4.69) is 4.84 Å². The Labute approximate surface area is 74.0 Å². The lowest BCUT2D eigenvalue weighted by atomic mass is 10.4. The normalized spacial score (nSPS) is 16.0. The van der Waals surface area contributed by atoms with Crippen LogP contribution in [0.5, 0.6) is 0 Å². The second kappa shape index (κ2) is 3.88. The van der Waals surface area contributed by atoms with Crippen molar-refractivity contribution in [1.82, 2.24) is 5.06 Å². The Morgan fingerprint density at radius 3 is 2.69 bits per heavy atom. The SMILES string of the molecule is O=C(O)CC(=O)ON1CCCC1=O. The smallest absolute Gasteiger partial charge is 0.343 e. The van der Waals surface area contributed by atoms with Crippen LogP contribution in [-0.2, 0) is 19.2 Å². The highest BCUT2D eigenvalue weighted by Gasteiger charge is 2.24. The Bertz CT molecular complexity index is 249. The molecule has 1 aliphatic rings.